The number of nitrogens with one attached hydrogen (secondary N) is 2. The lowest BCUT2D eigenvalue weighted by Crippen LogP contribution is -2.25. The molecule has 0 saturated carbocycles. The van der Waals surface area contributed by atoms with E-state index in [1.807, 2.05) is 42.5 Å². The summed E-state index contributed by atoms with van der Waals surface area (Å²) in [7, 11) is 1.52. The standard InChI is InChI=1S/C21H21N7O2S2/c1-30-16(13-6-3-2-4-7-13)18(29)25-20-26-27-21(32-20)28-11-9-14(12-28)23-19-24-17-15(31-19)8-5-10-22-17/h2-8,10,14,16H,9,11-12H2,1H3,(H,22,23,24)(H,25,26,29). The number of carbonyl (C=O) groups is 1. The van der Waals surface area contributed by atoms with Gasteiger partial charge < -0.3 is 15.0 Å². The first kappa shape index (κ1) is 20.7. The molecule has 1 saturated heterocycles. The SMILES string of the molecule is COC(C(=O)Nc1nnc(N2CCC(Nc3nc4ncccc4s3)C2)s1)c1ccccc1. The predicted molar refractivity (Wildman–Crippen MR) is 126 cm³/mol. The van der Waals surface area contributed by atoms with Crippen LogP contribution in [0.5, 0.6) is 0 Å². The lowest BCUT2D eigenvalue weighted by Gasteiger charge is -2.15. The van der Waals surface area contributed by atoms with Gasteiger partial charge in [0.1, 0.15) is 0 Å². The Labute approximate surface area is 192 Å². The van der Waals surface area contributed by atoms with E-state index in [0.29, 0.717) is 5.13 Å². The summed E-state index contributed by atoms with van der Waals surface area (Å²) in [6.07, 6.45) is 2.01. The van der Waals surface area contributed by atoms with Crippen LogP contribution in [0, 0.1) is 0 Å². The number of thiazole rings is 1. The van der Waals surface area contributed by atoms with Crippen LogP contribution in [0.25, 0.3) is 10.3 Å². The molecule has 9 nitrogen and oxygen atoms in total. The van der Waals surface area contributed by atoms with Crippen LogP contribution >= 0.6 is 22.7 Å². The summed E-state index contributed by atoms with van der Waals surface area (Å²) < 4.78 is 6.45. The van der Waals surface area contributed by atoms with Crippen molar-refractivity contribution in [2.45, 2.75) is 18.6 Å². The number of fused-ring (bicyclic) bond motifs is 1. The van der Waals surface area contributed by atoms with E-state index in [9.17, 15) is 4.79 Å². The van der Waals surface area contributed by atoms with Crippen LogP contribution in [-0.2, 0) is 9.53 Å². The summed E-state index contributed by atoms with van der Waals surface area (Å²) in [5.41, 5.74) is 1.56. The van der Waals surface area contributed by atoms with Gasteiger partial charge in [0.05, 0.1) is 4.70 Å². The normalized spacial score (nSPS) is 16.9. The number of hydrogen-bond acceptors (Lipinski definition) is 10. The first-order chi connectivity index (χ1) is 15.7. The minimum Gasteiger partial charge on any atom is -0.367 e. The van der Waals surface area contributed by atoms with Crippen molar-refractivity contribution in [2.24, 2.45) is 0 Å². The Morgan fingerprint density at radius 2 is 2.03 bits per heavy atom. The molecular formula is C21H21N7O2S2. The maximum atomic E-state index is 12.7. The zero-order chi connectivity index (χ0) is 21.9. The fraction of sp³-hybridized carbons (Fsp3) is 0.286. The Morgan fingerprint density at radius 1 is 1.16 bits per heavy atom. The van der Waals surface area contributed by atoms with Crippen LogP contribution in [0.1, 0.15) is 18.1 Å². The second-order valence-electron chi connectivity index (χ2n) is 7.33. The Morgan fingerprint density at radius 3 is 2.84 bits per heavy atom. The summed E-state index contributed by atoms with van der Waals surface area (Å²) in [6.45, 7) is 1.64. The number of amides is 1. The number of nitrogens with zero attached hydrogens (tertiary/aromatic N) is 5. The third-order valence-corrected chi connectivity index (χ3v) is 7.01. The maximum Gasteiger partial charge on any atom is 0.259 e. The summed E-state index contributed by atoms with van der Waals surface area (Å²) in [4.78, 5) is 23.7. The molecule has 3 aromatic heterocycles. The lowest BCUT2D eigenvalue weighted by atomic mass is 10.1. The molecule has 2 atom stereocenters. The third kappa shape index (κ3) is 4.40. The number of rotatable bonds is 7. The number of pyridine rings is 1. The molecule has 1 fully saturated rings. The monoisotopic (exact) mass is 467 g/mol. The number of hydrogen-bond donors (Lipinski definition) is 2. The molecule has 32 heavy (non-hydrogen) atoms. The molecule has 1 aliphatic rings. The molecule has 2 unspecified atom stereocenters. The maximum absolute atomic E-state index is 12.7. The van der Waals surface area contributed by atoms with Crippen LogP contribution in [0.2, 0.25) is 0 Å². The molecule has 2 N–H and O–H groups in total. The van der Waals surface area contributed by atoms with Crippen LogP contribution < -0.4 is 15.5 Å². The second kappa shape index (κ2) is 9.15. The highest BCUT2D eigenvalue weighted by Crippen LogP contribution is 2.30. The van der Waals surface area contributed by atoms with Crippen molar-refractivity contribution in [1.29, 1.82) is 0 Å². The molecular weight excluding hydrogens is 446 g/mol. The molecule has 1 aromatic carbocycles. The van der Waals surface area contributed by atoms with Gasteiger partial charge in [-0.2, -0.15) is 0 Å². The summed E-state index contributed by atoms with van der Waals surface area (Å²) >= 11 is 2.97. The summed E-state index contributed by atoms with van der Waals surface area (Å²) in [6, 6.07) is 13.6. The molecule has 5 rings (SSSR count). The molecule has 0 radical (unpaired) electrons. The zero-order valence-electron chi connectivity index (χ0n) is 17.3. The van der Waals surface area contributed by atoms with Gasteiger partial charge in [-0.15, -0.1) is 10.2 Å². The van der Waals surface area contributed by atoms with Crippen molar-refractivity contribution in [3.05, 3.63) is 54.2 Å². The summed E-state index contributed by atoms with van der Waals surface area (Å²) in [5, 5.41) is 16.9. The largest absolute Gasteiger partial charge is 0.367 e. The Balaban J connectivity index is 1.20. The van der Waals surface area contributed by atoms with E-state index < -0.39 is 6.10 Å². The van der Waals surface area contributed by atoms with Crippen LogP contribution in [0.4, 0.5) is 15.4 Å². The van der Waals surface area contributed by atoms with Crippen LogP contribution in [0.15, 0.2) is 48.7 Å². The van der Waals surface area contributed by atoms with E-state index in [-0.39, 0.29) is 11.9 Å². The van der Waals surface area contributed by atoms with Gasteiger partial charge >= 0.3 is 0 Å². The smallest absolute Gasteiger partial charge is 0.259 e. The summed E-state index contributed by atoms with van der Waals surface area (Å²) in [5.74, 6) is -0.271. The van der Waals surface area contributed by atoms with E-state index >= 15 is 0 Å². The first-order valence-electron chi connectivity index (χ1n) is 10.1. The highest BCUT2D eigenvalue weighted by molar-refractivity contribution is 7.22. The number of methoxy groups -OCH3 is 1. The number of anilines is 3. The molecule has 0 spiro atoms. The first-order valence-corrected chi connectivity index (χ1v) is 11.8. The molecule has 4 heterocycles. The molecule has 4 aromatic rings. The van der Waals surface area contributed by atoms with Crippen LogP contribution in [0.3, 0.4) is 0 Å². The van der Waals surface area contributed by atoms with E-state index in [1.165, 1.54) is 18.4 Å². The van der Waals surface area contributed by atoms with Gasteiger partial charge in [-0.25, -0.2) is 9.97 Å². The molecule has 1 amide bonds. The van der Waals surface area contributed by atoms with Gasteiger partial charge in [0.25, 0.3) is 5.91 Å². The topological polar surface area (TPSA) is 105 Å². The highest BCUT2D eigenvalue weighted by Gasteiger charge is 2.27. The molecule has 0 bridgehead atoms. The predicted octanol–water partition coefficient (Wildman–Crippen LogP) is 3.56. The van der Waals surface area contributed by atoms with E-state index in [1.54, 1.807) is 17.5 Å². The fourth-order valence-electron chi connectivity index (χ4n) is 3.64. The van der Waals surface area contributed by atoms with Crippen molar-refractivity contribution >= 4 is 54.3 Å². The van der Waals surface area contributed by atoms with Crippen molar-refractivity contribution in [3.63, 3.8) is 0 Å². The Bertz CT molecular complexity index is 1180. The Kier molecular flexibility index (Phi) is 5.93. The van der Waals surface area contributed by atoms with Gasteiger partial charge in [-0.3, -0.25) is 10.1 Å². The fourth-order valence-corrected chi connectivity index (χ4v) is 5.33. The number of ether oxygens (including phenoxy) is 1. The van der Waals surface area contributed by atoms with Gasteiger partial charge in [0.15, 0.2) is 16.9 Å². The highest BCUT2D eigenvalue weighted by atomic mass is 32.1. The molecule has 0 aliphatic carbocycles. The zero-order valence-corrected chi connectivity index (χ0v) is 18.9. The van der Waals surface area contributed by atoms with E-state index in [4.69, 9.17) is 4.74 Å². The number of benzene rings is 1. The van der Waals surface area contributed by atoms with E-state index in [2.05, 4.69) is 35.7 Å². The average Bonchev–Trinajstić information content (AvgIpc) is 3.54. The van der Waals surface area contributed by atoms with E-state index in [0.717, 1.165) is 45.7 Å². The van der Waals surface area contributed by atoms with Crippen molar-refractivity contribution in [3.8, 4) is 0 Å². The minimum absolute atomic E-state index is 0.258. The quantitative estimate of drug-likeness (QED) is 0.425. The molecule has 11 heteroatoms. The minimum atomic E-state index is -0.702. The van der Waals surface area contributed by atoms with Crippen molar-refractivity contribution in [1.82, 2.24) is 20.2 Å². The Hall–Kier alpha value is -3.15. The van der Waals surface area contributed by atoms with Gasteiger partial charge in [0.2, 0.25) is 10.3 Å². The van der Waals surface area contributed by atoms with Crippen LogP contribution in [-0.4, -0.2) is 52.3 Å². The van der Waals surface area contributed by atoms with Gasteiger partial charge in [-0.1, -0.05) is 53.0 Å². The third-order valence-electron chi connectivity index (χ3n) is 5.17. The van der Waals surface area contributed by atoms with Gasteiger partial charge in [0, 0.05) is 32.4 Å². The van der Waals surface area contributed by atoms with Crippen molar-refractivity contribution in [2.75, 3.05) is 35.7 Å². The van der Waals surface area contributed by atoms with Crippen molar-refractivity contribution < 1.29 is 9.53 Å². The average molecular weight is 468 g/mol. The molecule has 164 valence electrons. The lowest BCUT2D eigenvalue weighted by molar-refractivity contribution is -0.126. The molecule has 1 aliphatic heterocycles. The second-order valence-corrected chi connectivity index (χ2v) is 9.31. The number of aromatic nitrogens is 4. The van der Waals surface area contributed by atoms with Gasteiger partial charge in [-0.05, 0) is 24.1 Å². The number of carbonyl (C=O) groups excluding carboxylic acids is 1.